The minimum atomic E-state index is -0.405. The number of benzene rings is 1. The summed E-state index contributed by atoms with van der Waals surface area (Å²) in [4.78, 5) is 37.9. The van der Waals surface area contributed by atoms with Crippen LogP contribution in [-0.2, 0) is 4.79 Å². The van der Waals surface area contributed by atoms with E-state index in [0.29, 0.717) is 9.57 Å². The molecule has 0 aliphatic carbocycles. The number of carbonyl (C=O) groups excluding carboxylic acids is 3. The molecule has 1 aliphatic heterocycles. The third-order valence-electron chi connectivity index (χ3n) is 3.67. The molecular formula is C18H15BrN2O4S. The molecule has 1 N–H and O–H groups in total. The number of furan rings is 1. The summed E-state index contributed by atoms with van der Waals surface area (Å²) in [6.07, 6.45) is 1.70. The first kappa shape index (κ1) is 18.5. The number of halogens is 1. The summed E-state index contributed by atoms with van der Waals surface area (Å²) < 4.78 is 5.60. The van der Waals surface area contributed by atoms with Crippen LogP contribution in [0.1, 0.15) is 21.7 Å². The van der Waals surface area contributed by atoms with E-state index in [0.717, 1.165) is 27.8 Å². The van der Waals surface area contributed by atoms with E-state index < -0.39 is 5.91 Å². The molecule has 2 aromatic rings. The van der Waals surface area contributed by atoms with Gasteiger partial charge in [-0.15, -0.1) is 0 Å². The molecule has 3 amide bonds. The normalized spacial score (nSPS) is 15.8. The fourth-order valence-corrected chi connectivity index (χ4v) is 3.48. The zero-order chi connectivity index (χ0) is 18.7. The fraction of sp³-hybridized carbons (Fsp3) is 0.167. The number of imide groups is 1. The highest BCUT2D eigenvalue weighted by Crippen LogP contribution is 2.31. The Labute approximate surface area is 162 Å². The van der Waals surface area contributed by atoms with Crippen LogP contribution in [0.5, 0.6) is 0 Å². The molecule has 1 aromatic carbocycles. The molecule has 1 aliphatic rings. The predicted molar refractivity (Wildman–Crippen MR) is 103 cm³/mol. The number of nitrogens with one attached hydrogen (secondary N) is 1. The highest BCUT2D eigenvalue weighted by molar-refractivity contribution is 9.10. The molecule has 6 nitrogen and oxygen atoms in total. The van der Waals surface area contributed by atoms with Crippen LogP contribution in [-0.4, -0.2) is 35.0 Å². The number of hydrogen-bond acceptors (Lipinski definition) is 5. The molecule has 26 heavy (non-hydrogen) atoms. The Morgan fingerprint density at radius 2 is 1.96 bits per heavy atom. The summed E-state index contributed by atoms with van der Waals surface area (Å²) in [6, 6.07) is 10.8. The number of rotatable bonds is 5. The molecule has 0 atom stereocenters. The maximum Gasteiger partial charge on any atom is 0.293 e. The van der Waals surface area contributed by atoms with Crippen LogP contribution >= 0.6 is 27.7 Å². The van der Waals surface area contributed by atoms with Gasteiger partial charge in [-0.3, -0.25) is 19.3 Å². The Hall–Kier alpha value is -2.32. The van der Waals surface area contributed by atoms with Crippen molar-refractivity contribution in [2.75, 3.05) is 13.1 Å². The molecule has 0 saturated carbocycles. The monoisotopic (exact) mass is 434 g/mol. The average Bonchev–Trinajstić information content (AvgIpc) is 3.15. The maximum absolute atomic E-state index is 12.4. The Balaban J connectivity index is 1.58. The molecule has 0 radical (unpaired) electrons. The number of nitrogens with zero attached hydrogens (tertiary/aromatic N) is 1. The second kappa shape index (κ2) is 7.92. The smallest absolute Gasteiger partial charge is 0.293 e. The van der Waals surface area contributed by atoms with Crippen molar-refractivity contribution < 1.29 is 18.8 Å². The summed E-state index contributed by atoms with van der Waals surface area (Å²) >= 11 is 4.02. The molecule has 134 valence electrons. The molecule has 2 heterocycles. The first-order chi connectivity index (χ1) is 12.4. The van der Waals surface area contributed by atoms with Crippen molar-refractivity contribution in [3.8, 4) is 0 Å². The van der Waals surface area contributed by atoms with Gasteiger partial charge in [0.25, 0.3) is 17.1 Å². The van der Waals surface area contributed by atoms with E-state index in [1.54, 1.807) is 12.1 Å². The lowest BCUT2D eigenvalue weighted by Crippen LogP contribution is -2.37. The molecule has 8 heteroatoms. The SMILES string of the molecule is Cc1ccc(C=C2SC(=O)N(CCNC(=O)c3ccc(Br)o3)C2=O)cc1. The van der Waals surface area contributed by atoms with Gasteiger partial charge in [0.15, 0.2) is 10.4 Å². The minimum absolute atomic E-state index is 0.101. The van der Waals surface area contributed by atoms with Gasteiger partial charge in [-0.25, -0.2) is 0 Å². The van der Waals surface area contributed by atoms with Crippen LogP contribution in [0.3, 0.4) is 0 Å². The van der Waals surface area contributed by atoms with E-state index in [1.807, 2.05) is 31.2 Å². The zero-order valence-corrected chi connectivity index (χ0v) is 16.2. The number of hydrogen-bond donors (Lipinski definition) is 1. The Morgan fingerprint density at radius 1 is 1.23 bits per heavy atom. The van der Waals surface area contributed by atoms with Crippen LogP contribution in [0, 0.1) is 6.92 Å². The highest BCUT2D eigenvalue weighted by atomic mass is 79.9. The molecular weight excluding hydrogens is 420 g/mol. The van der Waals surface area contributed by atoms with Crippen molar-refractivity contribution in [2.24, 2.45) is 0 Å². The molecule has 0 bridgehead atoms. The fourth-order valence-electron chi connectivity index (χ4n) is 2.31. The van der Waals surface area contributed by atoms with Crippen LogP contribution in [0.15, 0.2) is 50.4 Å². The van der Waals surface area contributed by atoms with Gasteiger partial charge in [0.05, 0.1) is 4.91 Å². The van der Waals surface area contributed by atoms with E-state index >= 15 is 0 Å². The lowest BCUT2D eigenvalue weighted by Gasteiger charge is -2.12. The maximum atomic E-state index is 12.4. The largest absolute Gasteiger partial charge is 0.444 e. The van der Waals surface area contributed by atoms with Crippen LogP contribution in [0.2, 0.25) is 0 Å². The molecule has 1 saturated heterocycles. The van der Waals surface area contributed by atoms with E-state index in [-0.39, 0.29) is 30.0 Å². The number of carbonyl (C=O) groups is 3. The van der Waals surface area contributed by atoms with Gasteiger partial charge in [-0.2, -0.15) is 0 Å². The van der Waals surface area contributed by atoms with Gasteiger partial charge in [-0.1, -0.05) is 29.8 Å². The van der Waals surface area contributed by atoms with Gasteiger partial charge < -0.3 is 9.73 Å². The van der Waals surface area contributed by atoms with Crippen molar-refractivity contribution in [1.29, 1.82) is 0 Å². The first-order valence-electron chi connectivity index (χ1n) is 7.79. The molecule has 0 spiro atoms. The summed E-state index contributed by atoms with van der Waals surface area (Å²) in [5, 5.41) is 2.28. The molecule has 3 rings (SSSR count). The van der Waals surface area contributed by atoms with Gasteiger partial charge in [0, 0.05) is 13.1 Å². The van der Waals surface area contributed by atoms with Crippen molar-refractivity contribution in [1.82, 2.24) is 10.2 Å². The Bertz CT molecular complexity index is 889. The Kier molecular flexibility index (Phi) is 5.63. The highest BCUT2D eigenvalue weighted by Gasteiger charge is 2.34. The van der Waals surface area contributed by atoms with E-state index in [9.17, 15) is 14.4 Å². The van der Waals surface area contributed by atoms with Crippen LogP contribution in [0.25, 0.3) is 6.08 Å². The van der Waals surface area contributed by atoms with E-state index in [2.05, 4.69) is 21.2 Å². The van der Waals surface area contributed by atoms with Crippen molar-refractivity contribution in [3.05, 3.63) is 62.9 Å². The van der Waals surface area contributed by atoms with Gasteiger partial charge in [-0.05, 0) is 58.4 Å². The lowest BCUT2D eigenvalue weighted by molar-refractivity contribution is -0.122. The minimum Gasteiger partial charge on any atom is -0.444 e. The molecule has 0 unspecified atom stereocenters. The predicted octanol–water partition coefficient (Wildman–Crippen LogP) is 3.82. The number of amides is 3. The van der Waals surface area contributed by atoms with Crippen molar-refractivity contribution in [2.45, 2.75) is 6.92 Å². The summed E-state index contributed by atoms with van der Waals surface area (Å²) in [7, 11) is 0. The third-order valence-corrected chi connectivity index (χ3v) is 5.00. The zero-order valence-electron chi connectivity index (χ0n) is 13.8. The van der Waals surface area contributed by atoms with Gasteiger partial charge in [0.2, 0.25) is 0 Å². The topological polar surface area (TPSA) is 79.6 Å². The summed E-state index contributed by atoms with van der Waals surface area (Å²) in [5.74, 6) is -0.598. The first-order valence-corrected chi connectivity index (χ1v) is 9.40. The summed E-state index contributed by atoms with van der Waals surface area (Å²) in [5.41, 5.74) is 1.98. The molecule has 1 fully saturated rings. The quantitative estimate of drug-likeness (QED) is 0.723. The second-order valence-corrected chi connectivity index (χ2v) is 7.38. The lowest BCUT2D eigenvalue weighted by atomic mass is 10.1. The van der Waals surface area contributed by atoms with Gasteiger partial charge >= 0.3 is 0 Å². The average molecular weight is 435 g/mol. The van der Waals surface area contributed by atoms with E-state index in [4.69, 9.17) is 4.42 Å². The standard InChI is InChI=1S/C18H15BrN2O4S/c1-11-2-4-12(5-3-11)10-14-17(23)21(18(24)26-14)9-8-20-16(22)13-6-7-15(19)25-13/h2-7,10H,8-9H2,1H3,(H,20,22). The second-order valence-electron chi connectivity index (χ2n) is 5.60. The number of thioether (sulfide) groups is 1. The summed E-state index contributed by atoms with van der Waals surface area (Å²) in [6.45, 7) is 2.23. The van der Waals surface area contributed by atoms with Crippen LogP contribution in [0.4, 0.5) is 4.79 Å². The van der Waals surface area contributed by atoms with Crippen molar-refractivity contribution >= 4 is 50.8 Å². The van der Waals surface area contributed by atoms with Crippen molar-refractivity contribution in [3.63, 3.8) is 0 Å². The van der Waals surface area contributed by atoms with Gasteiger partial charge in [0.1, 0.15) is 0 Å². The van der Waals surface area contributed by atoms with E-state index in [1.165, 1.54) is 6.07 Å². The number of aryl methyl sites for hydroxylation is 1. The molecule has 1 aromatic heterocycles. The third kappa shape index (κ3) is 4.25. The Morgan fingerprint density at radius 3 is 2.62 bits per heavy atom. The van der Waals surface area contributed by atoms with Crippen LogP contribution < -0.4 is 5.32 Å².